The molecule has 2 amide bonds. The fourth-order valence-corrected chi connectivity index (χ4v) is 2.22. The number of halogens is 1. The van der Waals surface area contributed by atoms with Gasteiger partial charge in [0.15, 0.2) is 0 Å². The molecule has 0 aliphatic heterocycles. The molecule has 2 rings (SSSR count). The van der Waals surface area contributed by atoms with Crippen LogP contribution in [0.4, 0.5) is 4.39 Å². The van der Waals surface area contributed by atoms with Gasteiger partial charge in [0.1, 0.15) is 5.67 Å². The van der Waals surface area contributed by atoms with E-state index in [1.807, 2.05) is 6.92 Å². The van der Waals surface area contributed by atoms with E-state index in [1.165, 1.54) is 0 Å². The Hall–Kier alpha value is -1.13. The zero-order chi connectivity index (χ0) is 13.2. The first kappa shape index (κ1) is 13.3. The largest absolute Gasteiger partial charge is 0.356 e. The SMILES string of the molecule is CCC(=O)N[C@H]1C[C@H](C(=O)NCCC2(F)CC2)C1. The Labute approximate surface area is 107 Å². The van der Waals surface area contributed by atoms with E-state index in [-0.39, 0.29) is 23.8 Å². The van der Waals surface area contributed by atoms with Gasteiger partial charge in [-0.1, -0.05) is 6.92 Å². The van der Waals surface area contributed by atoms with Gasteiger partial charge in [-0.15, -0.1) is 0 Å². The molecule has 0 aromatic heterocycles. The number of nitrogens with one attached hydrogen (secondary N) is 2. The van der Waals surface area contributed by atoms with Crippen LogP contribution >= 0.6 is 0 Å². The second kappa shape index (κ2) is 5.24. The van der Waals surface area contributed by atoms with Crippen molar-refractivity contribution in [3.05, 3.63) is 0 Å². The van der Waals surface area contributed by atoms with Crippen molar-refractivity contribution in [2.45, 2.75) is 57.2 Å². The summed E-state index contributed by atoms with van der Waals surface area (Å²) in [6, 6.07) is 0.143. The van der Waals surface area contributed by atoms with Crippen molar-refractivity contribution in [1.29, 1.82) is 0 Å². The molecule has 2 fully saturated rings. The molecular formula is C13H21FN2O2. The average molecular weight is 256 g/mol. The number of amides is 2. The highest BCUT2D eigenvalue weighted by molar-refractivity contribution is 5.81. The van der Waals surface area contributed by atoms with Crippen LogP contribution in [0.5, 0.6) is 0 Å². The van der Waals surface area contributed by atoms with Crippen molar-refractivity contribution >= 4 is 11.8 Å². The maximum absolute atomic E-state index is 13.3. The van der Waals surface area contributed by atoms with Gasteiger partial charge in [0, 0.05) is 24.9 Å². The summed E-state index contributed by atoms with van der Waals surface area (Å²) in [5, 5.41) is 5.64. The Morgan fingerprint density at radius 2 is 2.00 bits per heavy atom. The van der Waals surface area contributed by atoms with Gasteiger partial charge in [0.25, 0.3) is 0 Å². The Morgan fingerprint density at radius 1 is 1.33 bits per heavy atom. The van der Waals surface area contributed by atoms with Crippen molar-refractivity contribution in [1.82, 2.24) is 10.6 Å². The van der Waals surface area contributed by atoms with E-state index < -0.39 is 5.67 Å². The summed E-state index contributed by atoms with van der Waals surface area (Å²) in [4.78, 5) is 22.8. The first-order valence-electron chi connectivity index (χ1n) is 6.78. The van der Waals surface area contributed by atoms with Crippen LogP contribution in [0.2, 0.25) is 0 Å². The van der Waals surface area contributed by atoms with E-state index in [4.69, 9.17) is 0 Å². The van der Waals surface area contributed by atoms with Crippen LogP contribution in [0, 0.1) is 5.92 Å². The highest BCUT2D eigenvalue weighted by Crippen LogP contribution is 2.42. The summed E-state index contributed by atoms with van der Waals surface area (Å²) in [5.41, 5.74) is -0.996. The third kappa shape index (κ3) is 3.43. The molecule has 2 aliphatic carbocycles. The maximum Gasteiger partial charge on any atom is 0.223 e. The van der Waals surface area contributed by atoms with Gasteiger partial charge in [-0.2, -0.15) is 0 Å². The first-order valence-corrected chi connectivity index (χ1v) is 6.78. The van der Waals surface area contributed by atoms with Crippen LogP contribution in [0.15, 0.2) is 0 Å². The molecule has 0 heterocycles. The van der Waals surface area contributed by atoms with E-state index in [2.05, 4.69) is 10.6 Å². The lowest BCUT2D eigenvalue weighted by Crippen LogP contribution is -2.49. The molecule has 0 bridgehead atoms. The highest BCUT2D eigenvalue weighted by atomic mass is 19.1. The lowest BCUT2D eigenvalue weighted by Gasteiger charge is -2.34. The third-order valence-corrected chi connectivity index (χ3v) is 3.86. The van der Waals surface area contributed by atoms with Crippen LogP contribution in [-0.2, 0) is 9.59 Å². The minimum atomic E-state index is -0.996. The summed E-state index contributed by atoms with van der Waals surface area (Å²) in [7, 11) is 0. The van der Waals surface area contributed by atoms with E-state index in [0.717, 1.165) is 0 Å². The molecule has 18 heavy (non-hydrogen) atoms. The molecule has 0 atom stereocenters. The predicted molar refractivity (Wildman–Crippen MR) is 65.6 cm³/mol. The summed E-state index contributed by atoms with van der Waals surface area (Å²) >= 11 is 0. The Morgan fingerprint density at radius 3 is 2.56 bits per heavy atom. The Kier molecular flexibility index (Phi) is 3.88. The maximum atomic E-state index is 13.3. The second-order valence-electron chi connectivity index (χ2n) is 5.48. The van der Waals surface area contributed by atoms with Crippen molar-refractivity contribution in [2.24, 2.45) is 5.92 Å². The lowest BCUT2D eigenvalue weighted by molar-refractivity contribution is -0.130. The number of hydrogen-bond acceptors (Lipinski definition) is 2. The van der Waals surface area contributed by atoms with Gasteiger partial charge in [-0.25, -0.2) is 4.39 Å². The summed E-state index contributed by atoms with van der Waals surface area (Å²) < 4.78 is 13.3. The molecule has 0 aromatic carbocycles. The number of alkyl halides is 1. The molecule has 0 saturated heterocycles. The fraction of sp³-hybridized carbons (Fsp3) is 0.846. The average Bonchev–Trinajstić information content (AvgIpc) is 3.00. The minimum Gasteiger partial charge on any atom is -0.356 e. The Balaban J connectivity index is 1.56. The smallest absolute Gasteiger partial charge is 0.223 e. The third-order valence-electron chi connectivity index (χ3n) is 3.86. The van der Waals surface area contributed by atoms with Gasteiger partial charge in [0.2, 0.25) is 11.8 Å². The molecule has 2 N–H and O–H groups in total. The molecule has 0 aromatic rings. The molecule has 4 nitrogen and oxygen atoms in total. The first-order chi connectivity index (χ1) is 8.52. The van der Waals surface area contributed by atoms with Gasteiger partial charge in [-0.05, 0) is 32.1 Å². The van der Waals surface area contributed by atoms with Gasteiger partial charge in [-0.3, -0.25) is 9.59 Å². The lowest BCUT2D eigenvalue weighted by atomic mass is 9.79. The van der Waals surface area contributed by atoms with E-state index in [0.29, 0.717) is 45.1 Å². The predicted octanol–water partition coefficient (Wildman–Crippen LogP) is 1.30. The number of carbonyl (C=O) groups excluding carboxylic acids is 2. The Bertz CT molecular complexity index is 336. The normalized spacial score (nSPS) is 28.1. The van der Waals surface area contributed by atoms with E-state index >= 15 is 0 Å². The van der Waals surface area contributed by atoms with Crippen LogP contribution in [-0.4, -0.2) is 30.1 Å². The van der Waals surface area contributed by atoms with Crippen molar-refractivity contribution in [3.8, 4) is 0 Å². The van der Waals surface area contributed by atoms with Crippen LogP contribution in [0.25, 0.3) is 0 Å². The van der Waals surface area contributed by atoms with Gasteiger partial charge < -0.3 is 10.6 Å². The standard InChI is InChI=1S/C13H21FN2O2/c1-2-11(17)16-10-7-9(8-10)12(18)15-6-5-13(14)3-4-13/h9-10H,2-8H2,1H3,(H,15,18)(H,16,17)/t9-,10-. The van der Waals surface area contributed by atoms with Crippen molar-refractivity contribution in [3.63, 3.8) is 0 Å². The second-order valence-corrected chi connectivity index (χ2v) is 5.48. The summed E-state index contributed by atoms with van der Waals surface area (Å²) in [6.45, 7) is 2.24. The van der Waals surface area contributed by atoms with Crippen molar-refractivity contribution < 1.29 is 14.0 Å². The van der Waals surface area contributed by atoms with Crippen LogP contribution in [0.1, 0.15) is 45.4 Å². The molecule has 0 spiro atoms. The number of hydrogen-bond donors (Lipinski definition) is 2. The zero-order valence-electron chi connectivity index (χ0n) is 10.8. The fourth-order valence-electron chi connectivity index (χ4n) is 2.22. The quantitative estimate of drug-likeness (QED) is 0.752. The van der Waals surface area contributed by atoms with Gasteiger partial charge in [0.05, 0.1) is 0 Å². The van der Waals surface area contributed by atoms with Crippen LogP contribution < -0.4 is 10.6 Å². The molecule has 2 saturated carbocycles. The molecular weight excluding hydrogens is 235 g/mol. The topological polar surface area (TPSA) is 58.2 Å². The molecule has 2 aliphatic rings. The molecule has 5 heteroatoms. The summed E-state index contributed by atoms with van der Waals surface area (Å²) in [5.74, 6) is 0.0233. The number of carbonyl (C=O) groups is 2. The highest BCUT2D eigenvalue weighted by Gasteiger charge is 2.42. The number of rotatable bonds is 6. The van der Waals surface area contributed by atoms with Gasteiger partial charge >= 0.3 is 0 Å². The van der Waals surface area contributed by atoms with Crippen molar-refractivity contribution in [2.75, 3.05) is 6.54 Å². The minimum absolute atomic E-state index is 0.00116. The monoisotopic (exact) mass is 256 g/mol. The van der Waals surface area contributed by atoms with Crippen LogP contribution in [0.3, 0.4) is 0 Å². The summed E-state index contributed by atoms with van der Waals surface area (Å²) in [6.07, 6.45) is 3.60. The molecule has 0 unspecified atom stereocenters. The van der Waals surface area contributed by atoms with E-state index in [9.17, 15) is 14.0 Å². The molecule has 0 radical (unpaired) electrons. The zero-order valence-corrected chi connectivity index (χ0v) is 10.8. The van der Waals surface area contributed by atoms with E-state index in [1.54, 1.807) is 0 Å². The molecule has 102 valence electrons.